The van der Waals surface area contributed by atoms with Crippen LogP contribution >= 0.6 is 11.8 Å². The molecule has 27 heavy (non-hydrogen) atoms. The van der Waals surface area contributed by atoms with E-state index in [0.717, 1.165) is 28.5 Å². The van der Waals surface area contributed by atoms with Gasteiger partial charge in [-0.05, 0) is 37.6 Å². The van der Waals surface area contributed by atoms with Crippen molar-refractivity contribution in [2.45, 2.75) is 30.8 Å². The van der Waals surface area contributed by atoms with Gasteiger partial charge in [0, 0.05) is 13.6 Å². The number of amides is 1. The van der Waals surface area contributed by atoms with E-state index in [4.69, 9.17) is 9.15 Å². The van der Waals surface area contributed by atoms with Gasteiger partial charge in [-0.1, -0.05) is 23.9 Å². The molecule has 8 heteroatoms. The molecular formula is C19H22N4O3S. The summed E-state index contributed by atoms with van der Waals surface area (Å²) in [6.07, 6.45) is 1.63. The molecule has 2 aromatic heterocycles. The maximum Gasteiger partial charge on any atom is 0.233 e. The summed E-state index contributed by atoms with van der Waals surface area (Å²) in [5.41, 5.74) is 1.91. The Morgan fingerprint density at radius 2 is 2.04 bits per heavy atom. The van der Waals surface area contributed by atoms with Crippen LogP contribution in [-0.2, 0) is 18.4 Å². The standard InChI is InChI=1S/C19H22N4O3S/c1-12-16(9-10-26-12)17-21-22-19(23(17)3)27-13(2)18(24)20-11-14-5-7-15(25-4)8-6-14/h5-10,13H,11H2,1-4H3,(H,20,24)/t13-/m1/s1. The summed E-state index contributed by atoms with van der Waals surface area (Å²) in [5, 5.41) is 11.8. The molecule has 1 aromatic carbocycles. The number of ether oxygens (including phenoxy) is 1. The van der Waals surface area contributed by atoms with Crippen LogP contribution in [0.1, 0.15) is 18.2 Å². The molecule has 1 N–H and O–H groups in total. The van der Waals surface area contributed by atoms with Crippen LogP contribution in [0.4, 0.5) is 0 Å². The number of thioether (sulfide) groups is 1. The van der Waals surface area contributed by atoms with Crippen molar-refractivity contribution in [3.8, 4) is 17.1 Å². The number of hydrogen-bond donors (Lipinski definition) is 1. The highest BCUT2D eigenvalue weighted by molar-refractivity contribution is 8.00. The molecule has 1 amide bonds. The fraction of sp³-hybridized carbons (Fsp3) is 0.316. The molecule has 0 bridgehead atoms. The molecule has 0 fully saturated rings. The fourth-order valence-electron chi connectivity index (χ4n) is 2.56. The van der Waals surface area contributed by atoms with E-state index >= 15 is 0 Å². The van der Waals surface area contributed by atoms with Crippen LogP contribution in [0.3, 0.4) is 0 Å². The van der Waals surface area contributed by atoms with Crippen LogP contribution in [0, 0.1) is 6.92 Å². The predicted octanol–water partition coefficient (Wildman–Crippen LogP) is 3.19. The molecule has 0 aliphatic carbocycles. The molecule has 0 spiro atoms. The van der Waals surface area contributed by atoms with Crippen molar-refractivity contribution in [2.24, 2.45) is 7.05 Å². The lowest BCUT2D eigenvalue weighted by Crippen LogP contribution is -2.30. The number of aromatic nitrogens is 3. The van der Waals surface area contributed by atoms with Crippen molar-refractivity contribution in [2.75, 3.05) is 7.11 Å². The summed E-state index contributed by atoms with van der Waals surface area (Å²) in [5.74, 6) is 2.24. The Morgan fingerprint density at radius 1 is 1.30 bits per heavy atom. The average Bonchev–Trinajstić information content (AvgIpc) is 3.25. The zero-order valence-corrected chi connectivity index (χ0v) is 16.5. The second-order valence-electron chi connectivity index (χ2n) is 6.08. The van der Waals surface area contributed by atoms with E-state index in [0.29, 0.717) is 11.7 Å². The average molecular weight is 386 g/mol. The van der Waals surface area contributed by atoms with Gasteiger partial charge >= 0.3 is 0 Å². The molecule has 0 saturated heterocycles. The lowest BCUT2D eigenvalue weighted by atomic mass is 10.2. The van der Waals surface area contributed by atoms with Crippen molar-refractivity contribution in [1.82, 2.24) is 20.1 Å². The number of rotatable bonds is 7. The first-order chi connectivity index (χ1) is 13.0. The van der Waals surface area contributed by atoms with Gasteiger partial charge in [0.25, 0.3) is 0 Å². The number of furan rings is 1. The number of carbonyl (C=O) groups is 1. The first kappa shape index (κ1) is 19.0. The van der Waals surface area contributed by atoms with Gasteiger partial charge in [-0.3, -0.25) is 4.79 Å². The summed E-state index contributed by atoms with van der Waals surface area (Å²) < 4.78 is 12.3. The number of carbonyl (C=O) groups excluding carboxylic acids is 1. The second kappa shape index (κ2) is 8.30. The molecule has 0 aliphatic heterocycles. The Hall–Kier alpha value is -2.74. The van der Waals surface area contributed by atoms with Crippen molar-refractivity contribution < 1.29 is 13.9 Å². The molecule has 3 rings (SSSR count). The first-order valence-electron chi connectivity index (χ1n) is 8.50. The van der Waals surface area contributed by atoms with Crippen LogP contribution in [0.2, 0.25) is 0 Å². The minimum Gasteiger partial charge on any atom is -0.497 e. The van der Waals surface area contributed by atoms with E-state index in [1.165, 1.54) is 11.8 Å². The predicted molar refractivity (Wildman–Crippen MR) is 104 cm³/mol. The minimum atomic E-state index is -0.301. The van der Waals surface area contributed by atoms with Crippen molar-refractivity contribution in [1.29, 1.82) is 0 Å². The van der Waals surface area contributed by atoms with Crippen LogP contribution in [0.5, 0.6) is 5.75 Å². The lowest BCUT2D eigenvalue weighted by Gasteiger charge is -2.12. The number of nitrogens with zero attached hydrogens (tertiary/aromatic N) is 3. The van der Waals surface area contributed by atoms with E-state index in [1.807, 2.05) is 55.8 Å². The monoisotopic (exact) mass is 386 g/mol. The highest BCUT2D eigenvalue weighted by atomic mass is 32.2. The summed E-state index contributed by atoms with van der Waals surface area (Å²) in [6, 6.07) is 9.47. The molecule has 142 valence electrons. The minimum absolute atomic E-state index is 0.0557. The van der Waals surface area contributed by atoms with Gasteiger partial charge in [0.15, 0.2) is 11.0 Å². The van der Waals surface area contributed by atoms with Gasteiger partial charge in [-0.15, -0.1) is 10.2 Å². The third-order valence-corrected chi connectivity index (χ3v) is 5.35. The molecule has 7 nitrogen and oxygen atoms in total. The van der Waals surface area contributed by atoms with Crippen LogP contribution < -0.4 is 10.1 Å². The Balaban J connectivity index is 1.59. The van der Waals surface area contributed by atoms with Crippen molar-refractivity contribution >= 4 is 17.7 Å². The molecule has 1 atom stereocenters. The third-order valence-electron chi connectivity index (χ3n) is 4.21. The zero-order chi connectivity index (χ0) is 19.4. The van der Waals surface area contributed by atoms with Gasteiger partial charge in [-0.25, -0.2) is 0 Å². The Morgan fingerprint density at radius 3 is 2.67 bits per heavy atom. The van der Waals surface area contributed by atoms with Gasteiger partial charge < -0.3 is 19.0 Å². The number of benzene rings is 1. The Kier molecular flexibility index (Phi) is 5.85. The highest BCUT2D eigenvalue weighted by Gasteiger charge is 2.20. The van der Waals surface area contributed by atoms with Gasteiger partial charge in [0.1, 0.15) is 11.5 Å². The lowest BCUT2D eigenvalue weighted by molar-refractivity contribution is -0.120. The van der Waals surface area contributed by atoms with Gasteiger partial charge in [-0.2, -0.15) is 0 Å². The molecular weight excluding hydrogens is 364 g/mol. The first-order valence-corrected chi connectivity index (χ1v) is 9.38. The topological polar surface area (TPSA) is 82.2 Å². The Bertz CT molecular complexity index is 917. The fourth-order valence-corrected chi connectivity index (χ4v) is 3.40. The number of methoxy groups -OCH3 is 1. The maximum absolute atomic E-state index is 12.4. The van der Waals surface area contributed by atoms with Crippen LogP contribution in [0.25, 0.3) is 11.4 Å². The van der Waals surface area contributed by atoms with E-state index < -0.39 is 0 Å². The van der Waals surface area contributed by atoms with Gasteiger partial charge in [0.2, 0.25) is 5.91 Å². The van der Waals surface area contributed by atoms with Crippen molar-refractivity contribution in [3.05, 3.63) is 47.9 Å². The van der Waals surface area contributed by atoms with E-state index in [9.17, 15) is 4.79 Å². The molecule has 0 aliphatic rings. The van der Waals surface area contributed by atoms with E-state index in [2.05, 4.69) is 15.5 Å². The summed E-state index contributed by atoms with van der Waals surface area (Å²) >= 11 is 1.37. The smallest absolute Gasteiger partial charge is 0.233 e. The number of aryl methyl sites for hydroxylation is 1. The molecule has 2 heterocycles. The SMILES string of the molecule is COc1ccc(CNC(=O)[C@@H](C)Sc2nnc(-c3ccoc3C)n2C)cc1. The highest BCUT2D eigenvalue weighted by Crippen LogP contribution is 2.27. The largest absolute Gasteiger partial charge is 0.497 e. The quantitative estimate of drug-likeness (QED) is 0.628. The van der Waals surface area contributed by atoms with Crippen molar-refractivity contribution in [3.63, 3.8) is 0 Å². The van der Waals surface area contributed by atoms with E-state index in [1.54, 1.807) is 13.4 Å². The molecule has 0 unspecified atom stereocenters. The van der Waals surface area contributed by atoms with Crippen LogP contribution in [0.15, 0.2) is 46.2 Å². The van der Waals surface area contributed by atoms with Crippen LogP contribution in [-0.4, -0.2) is 33.0 Å². The summed E-state index contributed by atoms with van der Waals surface area (Å²) in [4.78, 5) is 12.4. The zero-order valence-electron chi connectivity index (χ0n) is 15.7. The molecule has 0 saturated carbocycles. The second-order valence-corrected chi connectivity index (χ2v) is 7.39. The van der Waals surface area contributed by atoms with E-state index in [-0.39, 0.29) is 11.2 Å². The number of nitrogens with one attached hydrogen (secondary N) is 1. The number of hydrogen-bond acceptors (Lipinski definition) is 6. The summed E-state index contributed by atoms with van der Waals surface area (Å²) in [6.45, 7) is 4.20. The Labute approximate surface area is 162 Å². The third kappa shape index (κ3) is 4.33. The van der Waals surface area contributed by atoms with Gasteiger partial charge in [0.05, 0.1) is 24.2 Å². The summed E-state index contributed by atoms with van der Waals surface area (Å²) in [7, 11) is 3.51. The maximum atomic E-state index is 12.4. The normalized spacial score (nSPS) is 12.0. The molecule has 0 radical (unpaired) electrons. The molecule has 3 aromatic rings.